The smallest absolute Gasteiger partial charge is 0.335 e. The van der Waals surface area contributed by atoms with E-state index in [2.05, 4.69) is 27.5 Å². The molecule has 0 aliphatic rings. The van der Waals surface area contributed by atoms with Crippen molar-refractivity contribution in [3.8, 4) is 17.9 Å². The molecule has 0 unspecified atom stereocenters. The third-order valence-corrected chi connectivity index (χ3v) is 6.17. The van der Waals surface area contributed by atoms with Crippen molar-refractivity contribution in [2.45, 2.75) is 19.8 Å². The minimum Gasteiger partial charge on any atom is -0.507 e. The van der Waals surface area contributed by atoms with Crippen LogP contribution in [-0.2, 0) is 0 Å². The molecule has 0 atom stereocenters. The molecule has 0 aliphatic carbocycles. The number of hydrogen-bond acceptors (Lipinski definition) is 9. The Balaban J connectivity index is 2.16. The lowest BCUT2D eigenvalue weighted by atomic mass is 9.92. The number of phenols is 1. The van der Waals surface area contributed by atoms with Gasteiger partial charge in [-0.1, -0.05) is 11.6 Å². The summed E-state index contributed by atoms with van der Waals surface area (Å²) in [5.41, 5.74) is 1.78. The van der Waals surface area contributed by atoms with Crippen molar-refractivity contribution in [3.05, 3.63) is 87.4 Å². The first-order valence-corrected chi connectivity index (χ1v) is 12.3. The van der Waals surface area contributed by atoms with Crippen LogP contribution >= 0.6 is 11.6 Å². The molecule has 0 amide bonds. The molecule has 0 heterocycles. The van der Waals surface area contributed by atoms with Crippen LogP contribution in [0, 0.1) is 29.6 Å². The molecule has 0 radical (unpaired) electrons. The van der Waals surface area contributed by atoms with Crippen LogP contribution in [0.1, 0.15) is 50.2 Å². The number of hydrazone groups is 1. The number of carbonyl (C=O) groups is 2. The molecule has 3 aromatic carbocycles. The zero-order valence-electron chi connectivity index (χ0n) is 21.4. The van der Waals surface area contributed by atoms with Gasteiger partial charge in [0.25, 0.3) is 0 Å². The van der Waals surface area contributed by atoms with Crippen molar-refractivity contribution in [1.82, 2.24) is 0 Å². The maximum Gasteiger partial charge on any atom is 0.335 e. The number of azo groups is 1. The number of nitrogens with zero attached hydrogens (tertiary/aromatic N) is 6. The SMILES string of the molecule is Cc1c(C(N=Nc2ccc(C(=O)O)cc2)=NN)ccc(N(CCC#N)CCC#N)c1C(=O)c1cc(Cl)ccc1O. The second-order valence-electron chi connectivity index (χ2n) is 8.43. The Morgan fingerprint density at radius 3 is 2.23 bits per heavy atom. The van der Waals surface area contributed by atoms with Crippen LogP contribution in [0.5, 0.6) is 5.75 Å². The van der Waals surface area contributed by atoms with Gasteiger partial charge in [-0.25, -0.2) is 4.79 Å². The van der Waals surface area contributed by atoms with Crippen molar-refractivity contribution >= 4 is 40.6 Å². The molecule has 11 nitrogen and oxygen atoms in total. The predicted molar refractivity (Wildman–Crippen MR) is 149 cm³/mol. The number of hydrogen-bond donors (Lipinski definition) is 3. The number of carbonyl (C=O) groups excluding carboxylic acids is 1. The summed E-state index contributed by atoms with van der Waals surface area (Å²) in [6.45, 7) is 2.16. The Labute approximate surface area is 235 Å². The first-order chi connectivity index (χ1) is 19.2. The summed E-state index contributed by atoms with van der Waals surface area (Å²) >= 11 is 6.12. The lowest BCUT2D eigenvalue weighted by Crippen LogP contribution is -2.28. The van der Waals surface area contributed by atoms with Crippen LogP contribution < -0.4 is 10.7 Å². The van der Waals surface area contributed by atoms with E-state index in [4.69, 9.17) is 22.6 Å². The highest BCUT2D eigenvalue weighted by Crippen LogP contribution is 2.33. The maximum atomic E-state index is 13.9. The van der Waals surface area contributed by atoms with E-state index in [1.807, 2.05) is 0 Å². The maximum absolute atomic E-state index is 13.9. The molecule has 12 heteroatoms. The van der Waals surface area contributed by atoms with Gasteiger partial charge in [-0.05, 0) is 67.1 Å². The van der Waals surface area contributed by atoms with Gasteiger partial charge in [0.05, 0.1) is 41.8 Å². The molecule has 0 saturated carbocycles. The summed E-state index contributed by atoms with van der Waals surface area (Å²) < 4.78 is 0. The topological polar surface area (TPSA) is 189 Å². The molecule has 0 fully saturated rings. The standard InChI is InChI=1S/C28H24ClN7O4/c1-17-21(27(33-32)35-34-20-7-4-18(5-8-20)28(39)40)9-10-23(36(14-2-12-30)15-3-13-31)25(17)26(38)22-16-19(29)6-11-24(22)37/h4-11,16,37H,2-3,14-15,32H2,1H3,(H,39,40). The monoisotopic (exact) mass is 557 g/mol. The molecule has 4 N–H and O–H groups in total. The summed E-state index contributed by atoms with van der Waals surface area (Å²) in [6, 6.07) is 17.2. The van der Waals surface area contributed by atoms with Crippen molar-refractivity contribution in [2.24, 2.45) is 21.2 Å². The number of benzene rings is 3. The van der Waals surface area contributed by atoms with E-state index >= 15 is 0 Å². The summed E-state index contributed by atoms with van der Waals surface area (Å²) in [5, 5.41) is 50.1. The summed E-state index contributed by atoms with van der Waals surface area (Å²) in [4.78, 5) is 26.7. The number of halogens is 1. The fraction of sp³-hybridized carbons (Fsp3) is 0.179. The van der Waals surface area contributed by atoms with E-state index in [1.165, 1.54) is 42.5 Å². The molecule has 0 aliphatic heterocycles. The van der Waals surface area contributed by atoms with E-state index in [0.717, 1.165) is 0 Å². The van der Waals surface area contributed by atoms with Gasteiger partial charge in [-0.15, -0.1) is 10.2 Å². The van der Waals surface area contributed by atoms with Gasteiger partial charge in [0.2, 0.25) is 5.84 Å². The second-order valence-corrected chi connectivity index (χ2v) is 8.87. The van der Waals surface area contributed by atoms with E-state index < -0.39 is 11.8 Å². The van der Waals surface area contributed by atoms with E-state index in [-0.39, 0.29) is 59.2 Å². The lowest BCUT2D eigenvalue weighted by molar-refractivity contribution is 0.0696. The zero-order valence-corrected chi connectivity index (χ0v) is 22.1. The Morgan fingerprint density at radius 2 is 1.65 bits per heavy atom. The van der Waals surface area contributed by atoms with Gasteiger partial charge in [-0.3, -0.25) is 4.79 Å². The highest BCUT2D eigenvalue weighted by Gasteiger charge is 2.25. The molecule has 0 bridgehead atoms. The number of aromatic hydroxyl groups is 1. The third kappa shape index (κ3) is 6.78. The largest absolute Gasteiger partial charge is 0.507 e. The molecule has 3 rings (SSSR count). The number of amidine groups is 1. The Kier molecular flexibility index (Phi) is 9.90. The minimum absolute atomic E-state index is 0.0173. The number of nitriles is 2. The van der Waals surface area contributed by atoms with Crippen LogP contribution in [0.3, 0.4) is 0 Å². The molecule has 0 aromatic heterocycles. The van der Waals surface area contributed by atoms with Crippen LogP contribution in [-0.4, -0.2) is 40.9 Å². The molecular formula is C28H24ClN7O4. The summed E-state index contributed by atoms with van der Waals surface area (Å²) in [6.07, 6.45) is 0.291. The highest BCUT2D eigenvalue weighted by atomic mass is 35.5. The van der Waals surface area contributed by atoms with Gasteiger partial charge in [0, 0.05) is 34.9 Å². The molecule has 40 heavy (non-hydrogen) atoms. The number of aromatic carboxylic acids is 1. The molecular weight excluding hydrogens is 534 g/mol. The van der Waals surface area contributed by atoms with Crippen LogP contribution in [0.4, 0.5) is 11.4 Å². The number of rotatable bonds is 10. The second kappa shape index (κ2) is 13.5. The quantitative estimate of drug-likeness (QED) is 0.0744. The Hall–Kier alpha value is -5.26. The number of phenolic OH excluding ortho intramolecular Hbond substituents is 1. The zero-order chi connectivity index (χ0) is 29.2. The number of carboxylic acid groups (broad SMARTS) is 1. The first-order valence-electron chi connectivity index (χ1n) is 11.9. The number of anilines is 1. The van der Waals surface area contributed by atoms with Crippen molar-refractivity contribution in [2.75, 3.05) is 18.0 Å². The minimum atomic E-state index is -1.08. The summed E-state index contributed by atoms with van der Waals surface area (Å²) in [7, 11) is 0. The average molecular weight is 558 g/mol. The molecule has 202 valence electrons. The fourth-order valence-electron chi connectivity index (χ4n) is 3.96. The van der Waals surface area contributed by atoms with Gasteiger partial charge in [0.1, 0.15) is 5.75 Å². The normalized spacial score (nSPS) is 11.2. The number of ketones is 1. The lowest BCUT2D eigenvalue weighted by Gasteiger charge is -2.27. The number of nitrogens with two attached hydrogens (primary N) is 1. The molecule has 0 spiro atoms. The number of carboxylic acids is 1. The van der Waals surface area contributed by atoms with Gasteiger partial charge in [0.15, 0.2) is 5.78 Å². The Bertz CT molecular complexity index is 1550. The third-order valence-electron chi connectivity index (χ3n) is 5.94. The van der Waals surface area contributed by atoms with Crippen molar-refractivity contribution in [1.29, 1.82) is 10.5 Å². The van der Waals surface area contributed by atoms with Crippen LogP contribution in [0.2, 0.25) is 5.02 Å². The highest BCUT2D eigenvalue weighted by molar-refractivity contribution is 6.31. The predicted octanol–water partition coefficient (Wildman–Crippen LogP) is 5.32. The average Bonchev–Trinajstić information content (AvgIpc) is 2.95. The van der Waals surface area contributed by atoms with Gasteiger partial charge < -0.3 is 21.0 Å². The van der Waals surface area contributed by atoms with Gasteiger partial charge >= 0.3 is 5.97 Å². The van der Waals surface area contributed by atoms with Crippen LogP contribution in [0.15, 0.2) is 69.9 Å². The van der Waals surface area contributed by atoms with Gasteiger partial charge in [-0.2, -0.15) is 15.6 Å². The first kappa shape index (κ1) is 29.3. The molecule has 3 aromatic rings. The van der Waals surface area contributed by atoms with E-state index in [1.54, 1.807) is 24.0 Å². The summed E-state index contributed by atoms with van der Waals surface area (Å²) in [5.74, 6) is 3.72. The Morgan fingerprint density at radius 1 is 1.00 bits per heavy atom. The van der Waals surface area contributed by atoms with Crippen molar-refractivity contribution < 1.29 is 19.8 Å². The van der Waals surface area contributed by atoms with E-state index in [0.29, 0.717) is 22.5 Å². The van der Waals surface area contributed by atoms with Crippen LogP contribution in [0.25, 0.3) is 0 Å². The molecule has 0 saturated heterocycles. The van der Waals surface area contributed by atoms with E-state index in [9.17, 15) is 25.2 Å². The fourth-order valence-corrected chi connectivity index (χ4v) is 4.13. The van der Waals surface area contributed by atoms with Crippen molar-refractivity contribution in [3.63, 3.8) is 0 Å².